The molecule has 0 heterocycles. The summed E-state index contributed by atoms with van der Waals surface area (Å²) < 4.78 is 0. The first kappa shape index (κ1) is 9.74. The maximum absolute atomic E-state index is 11.4. The Morgan fingerprint density at radius 2 is 2.31 bits per heavy atom. The van der Waals surface area contributed by atoms with Crippen molar-refractivity contribution in [1.29, 1.82) is 0 Å². The van der Waals surface area contributed by atoms with Gasteiger partial charge in [-0.25, -0.2) is 0 Å². The molecule has 3 heteroatoms. The molecule has 0 atom stereocenters. The summed E-state index contributed by atoms with van der Waals surface area (Å²) in [7, 11) is 0. The van der Waals surface area contributed by atoms with Crippen molar-refractivity contribution in [1.82, 2.24) is 5.32 Å². The Labute approximate surface area is 77.9 Å². The van der Waals surface area contributed by atoms with Gasteiger partial charge in [0.2, 0.25) is 0 Å². The van der Waals surface area contributed by atoms with Crippen molar-refractivity contribution < 1.29 is 4.79 Å². The minimum Gasteiger partial charge on any atom is -0.352 e. The maximum Gasteiger partial charge on any atom is 0.251 e. The van der Waals surface area contributed by atoms with Crippen molar-refractivity contribution in [2.24, 2.45) is 5.73 Å². The van der Waals surface area contributed by atoms with Crippen molar-refractivity contribution >= 4 is 5.91 Å². The van der Waals surface area contributed by atoms with Crippen LogP contribution in [0.3, 0.4) is 0 Å². The van der Waals surface area contributed by atoms with Crippen LogP contribution < -0.4 is 11.1 Å². The fourth-order valence-electron chi connectivity index (χ4n) is 1.10. The molecular formula is C10H14N2O. The zero-order valence-corrected chi connectivity index (χ0v) is 7.71. The average Bonchev–Trinajstić information content (AvgIpc) is 2.18. The van der Waals surface area contributed by atoms with Crippen LogP contribution in [0.4, 0.5) is 0 Å². The lowest BCUT2D eigenvalue weighted by Gasteiger charge is -2.03. The van der Waals surface area contributed by atoms with Crippen LogP contribution in [0.5, 0.6) is 0 Å². The van der Waals surface area contributed by atoms with E-state index in [9.17, 15) is 4.79 Å². The molecule has 1 aromatic carbocycles. The summed E-state index contributed by atoms with van der Waals surface area (Å²) in [6, 6.07) is 7.34. The fraction of sp³-hybridized carbons (Fsp3) is 0.300. The SMILES string of the molecule is CCNC(=O)c1cccc(CN)c1. The van der Waals surface area contributed by atoms with E-state index in [4.69, 9.17) is 5.73 Å². The summed E-state index contributed by atoms with van der Waals surface area (Å²) in [4.78, 5) is 11.4. The molecule has 1 aromatic rings. The highest BCUT2D eigenvalue weighted by molar-refractivity contribution is 5.94. The van der Waals surface area contributed by atoms with Gasteiger partial charge in [0.1, 0.15) is 0 Å². The molecule has 0 unspecified atom stereocenters. The Morgan fingerprint density at radius 3 is 2.92 bits per heavy atom. The molecule has 0 aliphatic rings. The molecule has 70 valence electrons. The van der Waals surface area contributed by atoms with Gasteiger partial charge < -0.3 is 11.1 Å². The Bertz CT molecular complexity index is 297. The lowest BCUT2D eigenvalue weighted by atomic mass is 10.1. The van der Waals surface area contributed by atoms with E-state index in [-0.39, 0.29) is 5.91 Å². The van der Waals surface area contributed by atoms with Crippen LogP contribution >= 0.6 is 0 Å². The largest absolute Gasteiger partial charge is 0.352 e. The van der Waals surface area contributed by atoms with Gasteiger partial charge in [0, 0.05) is 18.7 Å². The second kappa shape index (κ2) is 4.62. The summed E-state index contributed by atoms with van der Waals surface area (Å²) in [5.74, 6) is -0.0437. The van der Waals surface area contributed by atoms with E-state index in [1.54, 1.807) is 6.07 Å². The molecule has 0 saturated carbocycles. The van der Waals surface area contributed by atoms with Crippen LogP contribution in [0.2, 0.25) is 0 Å². The summed E-state index contributed by atoms with van der Waals surface area (Å²) in [5, 5.41) is 2.73. The molecule has 0 bridgehead atoms. The highest BCUT2D eigenvalue weighted by Crippen LogP contribution is 2.03. The topological polar surface area (TPSA) is 55.1 Å². The monoisotopic (exact) mass is 178 g/mol. The predicted molar refractivity (Wildman–Crippen MR) is 52.3 cm³/mol. The van der Waals surface area contributed by atoms with Crippen molar-refractivity contribution in [3.8, 4) is 0 Å². The highest BCUT2D eigenvalue weighted by atomic mass is 16.1. The molecule has 1 rings (SSSR count). The number of nitrogens with two attached hydrogens (primary N) is 1. The van der Waals surface area contributed by atoms with Crippen LogP contribution in [0, 0.1) is 0 Å². The molecule has 0 aromatic heterocycles. The van der Waals surface area contributed by atoms with Gasteiger partial charge in [-0.3, -0.25) is 4.79 Å². The normalized spacial score (nSPS) is 9.69. The number of carbonyl (C=O) groups excluding carboxylic acids is 1. The number of hydrogen-bond donors (Lipinski definition) is 2. The van der Waals surface area contributed by atoms with Gasteiger partial charge in [-0.2, -0.15) is 0 Å². The van der Waals surface area contributed by atoms with Crippen LogP contribution in [0.25, 0.3) is 0 Å². The minimum absolute atomic E-state index is 0.0437. The van der Waals surface area contributed by atoms with E-state index in [0.717, 1.165) is 5.56 Å². The number of hydrogen-bond acceptors (Lipinski definition) is 2. The Morgan fingerprint density at radius 1 is 1.54 bits per heavy atom. The van der Waals surface area contributed by atoms with Gasteiger partial charge >= 0.3 is 0 Å². The van der Waals surface area contributed by atoms with Crippen molar-refractivity contribution in [2.75, 3.05) is 6.54 Å². The third-order valence-corrected chi connectivity index (χ3v) is 1.76. The smallest absolute Gasteiger partial charge is 0.251 e. The fourth-order valence-corrected chi connectivity index (χ4v) is 1.10. The maximum atomic E-state index is 11.4. The Hall–Kier alpha value is -1.35. The first-order chi connectivity index (χ1) is 6.27. The number of amides is 1. The van der Waals surface area contributed by atoms with Crippen molar-refractivity contribution in [2.45, 2.75) is 13.5 Å². The third kappa shape index (κ3) is 2.56. The molecule has 0 fully saturated rings. The lowest BCUT2D eigenvalue weighted by molar-refractivity contribution is 0.0955. The average molecular weight is 178 g/mol. The van der Waals surface area contributed by atoms with Crippen LogP contribution in [0.1, 0.15) is 22.8 Å². The summed E-state index contributed by atoms with van der Waals surface area (Å²) in [5.41, 5.74) is 7.11. The number of benzene rings is 1. The van der Waals surface area contributed by atoms with Crippen LogP contribution in [-0.4, -0.2) is 12.5 Å². The van der Waals surface area contributed by atoms with Gasteiger partial charge in [0.15, 0.2) is 0 Å². The molecule has 0 aliphatic heterocycles. The minimum atomic E-state index is -0.0437. The van der Waals surface area contributed by atoms with Crippen LogP contribution in [-0.2, 0) is 6.54 Å². The zero-order valence-electron chi connectivity index (χ0n) is 7.71. The number of carbonyl (C=O) groups is 1. The lowest BCUT2D eigenvalue weighted by Crippen LogP contribution is -2.22. The van der Waals surface area contributed by atoms with Gasteiger partial charge in [-0.05, 0) is 24.6 Å². The highest BCUT2D eigenvalue weighted by Gasteiger charge is 2.02. The molecule has 3 N–H and O–H groups in total. The van der Waals surface area contributed by atoms with E-state index < -0.39 is 0 Å². The molecule has 13 heavy (non-hydrogen) atoms. The molecular weight excluding hydrogens is 164 g/mol. The van der Waals surface area contributed by atoms with Gasteiger partial charge in [-0.15, -0.1) is 0 Å². The second-order valence-corrected chi connectivity index (χ2v) is 2.76. The van der Waals surface area contributed by atoms with E-state index in [1.165, 1.54) is 0 Å². The Balaban J connectivity index is 2.82. The number of rotatable bonds is 3. The first-order valence-corrected chi connectivity index (χ1v) is 4.35. The quantitative estimate of drug-likeness (QED) is 0.722. The standard InChI is InChI=1S/C10H14N2O/c1-2-12-10(13)9-5-3-4-8(6-9)7-11/h3-6H,2,7,11H2,1H3,(H,12,13). The van der Waals surface area contributed by atoms with E-state index in [0.29, 0.717) is 18.7 Å². The van der Waals surface area contributed by atoms with Gasteiger partial charge in [0.05, 0.1) is 0 Å². The molecule has 0 radical (unpaired) electrons. The van der Waals surface area contributed by atoms with Crippen LogP contribution in [0.15, 0.2) is 24.3 Å². The Kier molecular flexibility index (Phi) is 3.46. The summed E-state index contributed by atoms with van der Waals surface area (Å²) in [6.07, 6.45) is 0. The molecule has 0 aliphatic carbocycles. The molecule has 3 nitrogen and oxygen atoms in total. The van der Waals surface area contributed by atoms with E-state index in [2.05, 4.69) is 5.32 Å². The van der Waals surface area contributed by atoms with Gasteiger partial charge in [-0.1, -0.05) is 12.1 Å². The molecule has 1 amide bonds. The number of nitrogens with one attached hydrogen (secondary N) is 1. The van der Waals surface area contributed by atoms with Gasteiger partial charge in [0.25, 0.3) is 5.91 Å². The van der Waals surface area contributed by atoms with Crippen molar-refractivity contribution in [3.05, 3.63) is 35.4 Å². The second-order valence-electron chi connectivity index (χ2n) is 2.76. The molecule has 0 saturated heterocycles. The molecule has 0 spiro atoms. The third-order valence-electron chi connectivity index (χ3n) is 1.76. The van der Waals surface area contributed by atoms with E-state index >= 15 is 0 Å². The summed E-state index contributed by atoms with van der Waals surface area (Å²) >= 11 is 0. The first-order valence-electron chi connectivity index (χ1n) is 4.35. The summed E-state index contributed by atoms with van der Waals surface area (Å²) in [6.45, 7) is 3.00. The zero-order chi connectivity index (χ0) is 9.68. The van der Waals surface area contributed by atoms with Crippen molar-refractivity contribution in [3.63, 3.8) is 0 Å². The predicted octanol–water partition coefficient (Wildman–Crippen LogP) is 0.895. The van der Waals surface area contributed by atoms with E-state index in [1.807, 2.05) is 25.1 Å².